The molecule has 3 rings (SSSR count). The van der Waals surface area contributed by atoms with Crippen molar-refractivity contribution >= 4 is 17.9 Å². The molecule has 0 bridgehead atoms. The van der Waals surface area contributed by atoms with Gasteiger partial charge < -0.3 is 15.4 Å². The first-order valence-electron chi connectivity index (χ1n) is 10.1. The summed E-state index contributed by atoms with van der Waals surface area (Å²) in [4.78, 5) is 25.4. The highest BCUT2D eigenvalue weighted by Crippen LogP contribution is 2.16. The first-order chi connectivity index (χ1) is 14.0. The van der Waals surface area contributed by atoms with Crippen molar-refractivity contribution in [3.05, 3.63) is 77.0 Å². The molecule has 5 heteroatoms. The number of hydrogen-bond donors (Lipinski definition) is 2. The van der Waals surface area contributed by atoms with E-state index in [2.05, 4.69) is 24.5 Å². The van der Waals surface area contributed by atoms with Gasteiger partial charge in [-0.1, -0.05) is 56.3 Å². The molecule has 1 heterocycles. The van der Waals surface area contributed by atoms with E-state index in [0.717, 1.165) is 25.0 Å². The van der Waals surface area contributed by atoms with Gasteiger partial charge in [-0.25, -0.2) is 0 Å². The number of hydrogen-bond acceptors (Lipinski definition) is 3. The van der Waals surface area contributed by atoms with Crippen LogP contribution in [-0.4, -0.2) is 31.1 Å². The minimum absolute atomic E-state index is 0.0374. The average molecular weight is 392 g/mol. The van der Waals surface area contributed by atoms with Crippen LogP contribution in [-0.2, 0) is 9.53 Å². The maximum atomic E-state index is 12.8. The molecule has 0 unspecified atom stereocenters. The van der Waals surface area contributed by atoms with Gasteiger partial charge in [0.25, 0.3) is 11.8 Å². The largest absolute Gasteiger partial charge is 0.376 e. The highest BCUT2D eigenvalue weighted by Gasteiger charge is 2.19. The Hall–Kier alpha value is -2.92. The Bertz CT molecular complexity index is 851. The molecule has 0 spiro atoms. The van der Waals surface area contributed by atoms with Crippen molar-refractivity contribution in [3.63, 3.8) is 0 Å². The maximum Gasteiger partial charge on any atom is 0.267 e. The molecule has 29 heavy (non-hydrogen) atoms. The highest BCUT2D eigenvalue weighted by molar-refractivity contribution is 6.05. The van der Waals surface area contributed by atoms with Gasteiger partial charge in [0.2, 0.25) is 0 Å². The molecule has 2 aromatic rings. The molecule has 2 aromatic carbocycles. The number of carbonyl (C=O) groups is 2. The van der Waals surface area contributed by atoms with Crippen LogP contribution >= 0.6 is 0 Å². The Morgan fingerprint density at radius 2 is 1.83 bits per heavy atom. The molecule has 2 N–H and O–H groups in total. The number of carbonyl (C=O) groups excluding carboxylic acids is 2. The van der Waals surface area contributed by atoms with Gasteiger partial charge in [0, 0.05) is 18.7 Å². The highest BCUT2D eigenvalue weighted by atomic mass is 16.5. The Kier molecular flexibility index (Phi) is 7.19. The standard InChI is InChI=1S/C24H28N2O3/c1-17(2)19-12-10-18(11-13-19)15-22(24(28)25-16-21-9-6-14-29-21)26-23(27)20-7-4-3-5-8-20/h3-5,7-8,10-13,15,17,21H,6,9,14,16H2,1-2H3,(H,25,28)(H,26,27)/b22-15-/t21-/m0/s1. The molecule has 152 valence electrons. The zero-order valence-electron chi connectivity index (χ0n) is 17.0. The summed E-state index contributed by atoms with van der Waals surface area (Å²) < 4.78 is 5.57. The first kappa shape index (κ1) is 20.8. The van der Waals surface area contributed by atoms with Gasteiger partial charge in [-0.05, 0) is 48.1 Å². The number of benzene rings is 2. The smallest absolute Gasteiger partial charge is 0.267 e. The van der Waals surface area contributed by atoms with Crippen LogP contribution in [0.4, 0.5) is 0 Å². The summed E-state index contributed by atoms with van der Waals surface area (Å²) >= 11 is 0. The van der Waals surface area contributed by atoms with E-state index in [1.807, 2.05) is 30.3 Å². The van der Waals surface area contributed by atoms with Crippen LogP contribution in [0.2, 0.25) is 0 Å². The second-order valence-electron chi connectivity index (χ2n) is 7.54. The van der Waals surface area contributed by atoms with E-state index in [-0.39, 0.29) is 23.6 Å². The summed E-state index contributed by atoms with van der Waals surface area (Å²) in [6.07, 6.45) is 3.69. The van der Waals surface area contributed by atoms with Crippen LogP contribution in [0.1, 0.15) is 54.1 Å². The van der Waals surface area contributed by atoms with E-state index < -0.39 is 0 Å². The van der Waals surface area contributed by atoms with Crippen molar-refractivity contribution in [2.75, 3.05) is 13.2 Å². The second kappa shape index (κ2) is 10.0. The summed E-state index contributed by atoms with van der Waals surface area (Å²) in [5.41, 5.74) is 2.79. The molecule has 1 atom stereocenters. The number of rotatable bonds is 7. The van der Waals surface area contributed by atoms with E-state index in [4.69, 9.17) is 4.74 Å². The van der Waals surface area contributed by atoms with E-state index in [9.17, 15) is 9.59 Å². The zero-order chi connectivity index (χ0) is 20.6. The Morgan fingerprint density at radius 1 is 1.10 bits per heavy atom. The van der Waals surface area contributed by atoms with Crippen LogP contribution in [0.15, 0.2) is 60.3 Å². The Balaban J connectivity index is 1.77. The van der Waals surface area contributed by atoms with Gasteiger partial charge in [-0.3, -0.25) is 9.59 Å². The van der Waals surface area contributed by atoms with Crippen molar-refractivity contribution < 1.29 is 14.3 Å². The predicted octanol–water partition coefficient (Wildman–Crippen LogP) is 3.88. The molecule has 1 saturated heterocycles. The lowest BCUT2D eigenvalue weighted by Crippen LogP contribution is -2.38. The molecule has 5 nitrogen and oxygen atoms in total. The van der Waals surface area contributed by atoms with Crippen molar-refractivity contribution in [2.45, 2.75) is 38.7 Å². The summed E-state index contributed by atoms with van der Waals surface area (Å²) in [5.74, 6) is -0.208. The van der Waals surface area contributed by atoms with Crippen molar-refractivity contribution in [2.24, 2.45) is 0 Å². The normalized spacial score (nSPS) is 16.7. The topological polar surface area (TPSA) is 67.4 Å². The van der Waals surface area contributed by atoms with Gasteiger partial charge >= 0.3 is 0 Å². The molecule has 1 aliphatic heterocycles. The minimum atomic E-state index is -0.322. The third kappa shape index (κ3) is 6.03. The molecular formula is C24H28N2O3. The SMILES string of the molecule is CC(C)c1ccc(/C=C(\NC(=O)c2ccccc2)C(=O)NC[C@@H]2CCCO2)cc1. The van der Waals surface area contributed by atoms with E-state index in [0.29, 0.717) is 18.0 Å². The zero-order valence-corrected chi connectivity index (χ0v) is 17.0. The average Bonchev–Trinajstić information content (AvgIpc) is 3.26. The lowest BCUT2D eigenvalue weighted by Gasteiger charge is -2.14. The van der Waals surface area contributed by atoms with Crippen molar-refractivity contribution in [1.29, 1.82) is 0 Å². The van der Waals surface area contributed by atoms with Gasteiger partial charge in [0.1, 0.15) is 5.70 Å². The van der Waals surface area contributed by atoms with E-state index in [1.165, 1.54) is 5.56 Å². The number of ether oxygens (including phenoxy) is 1. The fourth-order valence-corrected chi connectivity index (χ4v) is 3.19. The second-order valence-corrected chi connectivity index (χ2v) is 7.54. The van der Waals surface area contributed by atoms with Gasteiger partial charge in [-0.15, -0.1) is 0 Å². The molecule has 0 radical (unpaired) electrons. The van der Waals surface area contributed by atoms with Crippen molar-refractivity contribution in [1.82, 2.24) is 10.6 Å². The first-order valence-corrected chi connectivity index (χ1v) is 10.1. The van der Waals surface area contributed by atoms with Crippen molar-refractivity contribution in [3.8, 4) is 0 Å². The Labute approximate surface area is 172 Å². The summed E-state index contributed by atoms with van der Waals surface area (Å²) in [6.45, 7) is 5.43. The maximum absolute atomic E-state index is 12.8. The number of amides is 2. The molecule has 1 aliphatic rings. The fourth-order valence-electron chi connectivity index (χ4n) is 3.19. The minimum Gasteiger partial charge on any atom is -0.376 e. The molecule has 0 saturated carbocycles. The molecular weight excluding hydrogens is 364 g/mol. The third-order valence-corrected chi connectivity index (χ3v) is 4.96. The van der Waals surface area contributed by atoms with Crippen LogP contribution in [0.5, 0.6) is 0 Å². The number of nitrogens with one attached hydrogen (secondary N) is 2. The molecule has 2 amide bonds. The lowest BCUT2D eigenvalue weighted by molar-refractivity contribution is -0.118. The third-order valence-electron chi connectivity index (χ3n) is 4.96. The summed E-state index contributed by atoms with van der Waals surface area (Å²) in [6, 6.07) is 16.9. The molecule has 0 aliphatic carbocycles. The Morgan fingerprint density at radius 3 is 2.45 bits per heavy atom. The fraction of sp³-hybridized carbons (Fsp3) is 0.333. The quantitative estimate of drug-likeness (QED) is 0.703. The van der Waals surface area contributed by atoms with Crippen LogP contribution in [0.25, 0.3) is 6.08 Å². The molecule has 1 fully saturated rings. The summed E-state index contributed by atoms with van der Waals surface area (Å²) in [5, 5.41) is 5.65. The molecule has 0 aromatic heterocycles. The van der Waals surface area contributed by atoms with Gasteiger partial charge in [0.15, 0.2) is 0 Å². The van der Waals surface area contributed by atoms with Crippen LogP contribution in [0.3, 0.4) is 0 Å². The van der Waals surface area contributed by atoms with Gasteiger partial charge in [0.05, 0.1) is 6.10 Å². The monoisotopic (exact) mass is 392 g/mol. The van der Waals surface area contributed by atoms with E-state index in [1.54, 1.807) is 30.3 Å². The predicted molar refractivity (Wildman–Crippen MR) is 114 cm³/mol. The summed E-state index contributed by atoms with van der Waals surface area (Å²) in [7, 11) is 0. The van der Waals surface area contributed by atoms with Crippen LogP contribution in [0, 0.1) is 0 Å². The van der Waals surface area contributed by atoms with E-state index >= 15 is 0 Å². The van der Waals surface area contributed by atoms with Gasteiger partial charge in [-0.2, -0.15) is 0 Å². The van der Waals surface area contributed by atoms with Crippen LogP contribution < -0.4 is 10.6 Å². The lowest BCUT2D eigenvalue weighted by atomic mass is 10.0.